The number of nitrogens with zero attached hydrogens (tertiary/aromatic N) is 1. The Labute approximate surface area is 149 Å². The highest BCUT2D eigenvalue weighted by Gasteiger charge is 2.08. The van der Waals surface area contributed by atoms with Gasteiger partial charge in [-0.25, -0.2) is 4.39 Å². The summed E-state index contributed by atoms with van der Waals surface area (Å²) in [7, 11) is 0. The molecule has 25 heavy (non-hydrogen) atoms. The van der Waals surface area contributed by atoms with Gasteiger partial charge in [-0.05, 0) is 54.2 Å². The molecule has 0 bridgehead atoms. The van der Waals surface area contributed by atoms with Crippen LogP contribution in [-0.4, -0.2) is 4.98 Å². The summed E-state index contributed by atoms with van der Waals surface area (Å²) in [6, 6.07) is 17.9. The molecule has 0 unspecified atom stereocenters. The van der Waals surface area contributed by atoms with E-state index in [1.807, 2.05) is 30.5 Å². The van der Waals surface area contributed by atoms with Gasteiger partial charge in [-0.1, -0.05) is 56.7 Å². The number of aryl methyl sites for hydroxylation is 2. The van der Waals surface area contributed by atoms with Crippen molar-refractivity contribution in [2.75, 3.05) is 0 Å². The van der Waals surface area contributed by atoms with Crippen LogP contribution in [-0.2, 0) is 12.8 Å². The molecule has 128 valence electrons. The first kappa shape index (κ1) is 17.3. The molecule has 0 aliphatic heterocycles. The van der Waals surface area contributed by atoms with Crippen molar-refractivity contribution in [2.45, 2.75) is 39.5 Å². The SMILES string of the molecule is CCCCc1ccc(-c2ccc(-c3ccc(CC)cc3)cn2)c(F)c1. The fraction of sp³-hybridized carbons (Fsp3) is 0.261. The lowest BCUT2D eigenvalue weighted by Crippen LogP contribution is -1.92. The van der Waals surface area contributed by atoms with Gasteiger partial charge in [0.15, 0.2) is 0 Å². The maximum absolute atomic E-state index is 14.4. The summed E-state index contributed by atoms with van der Waals surface area (Å²) in [5, 5.41) is 0. The fourth-order valence-electron chi connectivity index (χ4n) is 2.96. The topological polar surface area (TPSA) is 12.9 Å². The van der Waals surface area contributed by atoms with Gasteiger partial charge in [-0.3, -0.25) is 4.98 Å². The van der Waals surface area contributed by atoms with Crippen LogP contribution in [0.2, 0.25) is 0 Å². The summed E-state index contributed by atoms with van der Waals surface area (Å²) >= 11 is 0. The van der Waals surface area contributed by atoms with Gasteiger partial charge in [-0.15, -0.1) is 0 Å². The van der Waals surface area contributed by atoms with Crippen molar-refractivity contribution < 1.29 is 4.39 Å². The van der Waals surface area contributed by atoms with E-state index in [-0.39, 0.29) is 5.82 Å². The first-order valence-corrected chi connectivity index (χ1v) is 9.05. The third-order valence-electron chi connectivity index (χ3n) is 4.59. The van der Waals surface area contributed by atoms with Crippen LogP contribution < -0.4 is 0 Å². The molecule has 2 heteroatoms. The lowest BCUT2D eigenvalue weighted by molar-refractivity contribution is 0.627. The first-order valence-electron chi connectivity index (χ1n) is 9.05. The van der Waals surface area contributed by atoms with Gasteiger partial charge in [0.05, 0.1) is 5.69 Å². The van der Waals surface area contributed by atoms with Crippen molar-refractivity contribution in [3.63, 3.8) is 0 Å². The van der Waals surface area contributed by atoms with Crippen LogP contribution in [0.1, 0.15) is 37.8 Å². The average Bonchev–Trinajstić information content (AvgIpc) is 2.67. The van der Waals surface area contributed by atoms with Crippen LogP contribution in [0.25, 0.3) is 22.4 Å². The molecule has 0 N–H and O–H groups in total. The maximum Gasteiger partial charge on any atom is 0.132 e. The monoisotopic (exact) mass is 333 g/mol. The molecule has 2 aromatic carbocycles. The van der Waals surface area contributed by atoms with Crippen LogP contribution in [0.15, 0.2) is 60.8 Å². The van der Waals surface area contributed by atoms with Gasteiger partial charge in [0, 0.05) is 17.3 Å². The Morgan fingerprint density at radius 3 is 2.16 bits per heavy atom. The molecular formula is C23H24FN. The zero-order valence-corrected chi connectivity index (χ0v) is 14.9. The predicted molar refractivity (Wildman–Crippen MR) is 103 cm³/mol. The van der Waals surface area contributed by atoms with Crippen molar-refractivity contribution in [3.05, 3.63) is 77.7 Å². The lowest BCUT2D eigenvalue weighted by atomic mass is 10.0. The van der Waals surface area contributed by atoms with Crippen molar-refractivity contribution in [1.82, 2.24) is 4.98 Å². The largest absolute Gasteiger partial charge is 0.256 e. The summed E-state index contributed by atoms with van der Waals surface area (Å²) < 4.78 is 14.4. The van der Waals surface area contributed by atoms with Gasteiger partial charge < -0.3 is 0 Å². The smallest absolute Gasteiger partial charge is 0.132 e. The van der Waals surface area contributed by atoms with Gasteiger partial charge in [0.25, 0.3) is 0 Å². The van der Waals surface area contributed by atoms with Crippen molar-refractivity contribution in [3.8, 4) is 22.4 Å². The highest BCUT2D eigenvalue weighted by molar-refractivity contribution is 5.67. The Kier molecular flexibility index (Phi) is 5.60. The second-order valence-electron chi connectivity index (χ2n) is 6.40. The van der Waals surface area contributed by atoms with Crippen LogP contribution in [0.4, 0.5) is 4.39 Å². The molecule has 3 aromatic rings. The Hall–Kier alpha value is -2.48. The third-order valence-corrected chi connectivity index (χ3v) is 4.59. The van der Waals surface area contributed by atoms with Crippen LogP contribution >= 0.6 is 0 Å². The van der Waals surface area contributed by atoms with E-state index < -0.39 is 0 Å². The lowest BCUT2D eigenvalue weighted by Gasteiger charge is -2.07. The fourth-order valence-corrected chi connectivity index (χ4v) is 2.96. The molecule has 0 saturated heterocycles. The summed E-state index contributed by atoms with van der Waals surface area (Å²) in [6.07, 6.45) is 5.98. The number of aromatic nitrogens is 1. The quantitative estimate of drug-likeness (QED) is 0.504. The van der Waals surface area contributed by atoms with Crippen molar-refractivity contribution >= 4 is 0 Å². The van der Waals surface area contributed by atoms with E-state index in [4.69, 9.17) is 0 Å². The Balaban J connectivity index is 1.82. The minimum Gasteiger partial charge on any atom is -0.256 e. The van der Waals surface area contributed by atoms with Gasteiger partial charge in [0.2, 0.25) is 0 Å². The van der Waals surface area contributed by atoms with Gasteiger partial charge in [-0.2, -0.15) is 0 Å². The molecule has 0 atom stereocenters. The number of pyridine rings is 1. The van der Waals surface area contributed by atoms with Crippen LogP contribution in [0, 0.1) is 5.82 Å². The molecule has 1 heterocycles. The van der Waals surface area contributed by atoms with Crippen LogP contribution in [0.3, 0.4) is 0 Å². The van der Waals surface area contributed by atoms with Crippen molar-refractivity contribution in [1.29, 1.82) is 0 Å². The Morgan fingerprint density at radius 2 is 1.56 bits per heavy atom. The molecule has 1 aromatic heterocycles. The van der Waals surface area contributed by atoms with Crippen LogP contribution in [0.5, 0.6) is 0 Å². The average molecular weight is 333 g/mol. The Bertz CT molecular complexity index is 820. The minimum atomic E-state index is -0.193. The Morgan fingerprint density at radius 1 is 0.840 bits per heavy atom. The molecular weight excluding hydrogens is 309 g/mol. The van der Waals surface area contributed by atoms with E-state index >= 15 is 0 Å². The molecule has 0 aliphatic carbocycles. The molecule has 0 spiro atoms. The van der Waals surface area contributed by atoms with Crippen molar-refractivity contribution in [2.24, 2.45) is 0 Å². The minimum absolute atomic E-state index is 0.193. The standard InChI is InChI=1S/C23H24FN/c1-3-5-6-18-9-13-21(22(24)15-18)23-14-12-20(16-25-23)19-10-7-17(4-2)8-11-19/h7-16H,3-6H2,1-2H3. The van der Waals surface area contributed by atoms with Gasteiger partial charge in [0.1, 0.15) is 5.82 Å². The molecule has 0 radical (unpaired) electrons. The highest BCUT2D eigenvalue weighted by Crippen LogP contribution is 2.25. The summed E-state index contributed by atoms with van der Waals surface area (Å²) in [4.78, 5) is 4.48. The van der Waals surface area contributed by atoms with E-state index in [2.05, 4.69) is 43.1 Å². The van der Waals surface area contributed by atoms with Gasteiger partial charge >= 0.3 is 0 Å². The molecule has 0 aliphatic rings. The predicted octanol–water partition coefficient (Wildman–Crippen LogP) is 6.46. The van der Waals surface area contributed by atoms with E-state index in [0.717, 1.165) is 42.4 Å². The summed E-state index contributed by atoms with van der Waals surface area (Å²) in [6.45, 7) is 4.29. The number of hydrogen-bond acceptors (Lipinski definition) is 1. The second kappa shape index (κ2) is 8.06. The number of halogens is 1. The highest BCUT2D eigenvalue weighted by atomic mass is 19.1. The first-order chi connectivity index (χ1) is 12.2. The maximum atomic E-state index is 14.4. The number of benzene rings is 2. The molecule has 3 rings (SSSR count). The summed E-state index contributed by atoms with van der Waals surface area (Å²) in [5.74, 6) is -0.193. The van der Waals surface area contributed by atoms with E-state index in [1.165, 1.54) is 5.56 Å². The molecule has 0 amide bonds. The zero-order chi connectivity index (χ0) is 17.6. The molecule has 1 nitrogen and oxygen atoms in total. The molecule has 0 saturated carbocycles. The molecule has 0 fully saturated rings. The summed E-state index contributed by atoms with van der Waals surface area (Å²) in [5.41, 5.74) is 5.79. The normalized spacial score (nSPS) is 10.8. The van der Waals surface area contributed by atoms with E-state index in [9.17, 15) is 4.39 Å². The third kappa shape index (κ3) is 4.14. The number of rotatable bonds is 6. The van der Waals surface area contributed by atoms with E-state index in [1.54, 1.807) is 6.07 Å². The second-order valence-corrected chi connectivity index (χ2v) is 6.40. The number of hydrogen-bond donors (Lipinski definition) is 0. The number of unbranched alkanes of at least 4 members (excludes halogenated alkanes) is 1. The van der Waals surface area contributed by atoms with E-state index in [0.29, 0.717) is 11.3 Å². The zero-order valence-electron chi connectivity index (χ0n) is 14.9.